The maximum Gasteiger partial charge on any atom is 0.410 e. The Kier molecular flexibility index (Phi) is 7.76. The normalized spacial score (nSPS) is 16.0. The summed E-state index contributed by atoms with van der Waals surface area (Å²) < 4.78 is 34.0. The number of aryl methyl sites for hydroxylation is 1. The fourth-order valence-electron chi connectivity index (χ4n) is 4.14. The predicted molar refractivity (Wildman–Crippen MR) is 137 cm³/mol. The third-order valence-corrected chi connectivity index (χ3v) is 7.31. The summed E-state index contributed by atoms with van der Waals surface area (Å²) in [5.41, 5.74) is 3.27. The molecule has 0 aliphatic heterocycles. The first-order chi connectivity index (χ1) is 15.9. The van der Waals surface area contributed by atoms with E-state index in [0.717, 1.165) is 29.5 Å². The standard InChI is InChI=1S/C27H36N2O4S/c1-7-16-29(26(30)33-27(4,5)6)24-13-9-21-17-23(12-8-22(21)18-24)28-34(31,32)25-14-10-20(11-15-25)19(2)3/h7-8,10-12,14-15,17,19,24,28H,1,9,13,16,18H2,2-6H3/t24-/m1/s1. The van der Waals surface area contributed by atoms with Crippen LogP contribution in [0.5, 0.6) is 0 Å². The number of benzene rings is 2. The fourth-order valence-corrected chi connectivity index (χ4v) is 5.19. The third-order valence-electron chi connectivity index (χ3n) is 5.91. The molecule has 7 heteroatoms. The van der Waals surface area contributed by atoms with Crippen molar-refractivity contribution in [1.29, 1.82) is 0 Å². The van der Waals surface area contributed by atoms with Gasteiger partial charge in [0.25, 0.3) is 10.0 Å². The van der Waals surface area contributed by atoms with Gasteiger partial charge in [0.2, 0.25) is 0 Å². The van der Waals surface area contributed by atoms with Crippen LogP contribution in [0.3, 0.4) is 0 Å². The van der Waals surface area contributed by atoms with Crippen LogP contribution in [-0.2, 0) is 27.6 Å². The van der Waals surface area contributed by atoms with Crippen molar-refractivity contribution in [3.63, 3.8) is 0 Å². The summed E-state index contributed by atoms with van der Waals surface area (Å²) in [7, 11) is -3.67. The number of ether oxygens (including phenoxy) is 1. The molecule has 1 amide bonds. The number of amides is 1. The quantitative estimate of drug-likeness (QED) is 0.497. The monoisotopic (exact) mass is 484 g/mol. The molecule has 0 unspecified atom stereocenters. The zero-order valence-electron chi connectivity index (χ0n) is 20.8. The molecule has 0 spiro atoms. The Balaban J connectivity index is 1.74. The van der Waals surface area contributed by atoms with Gasteiger partial charge in [-0.05, 0) is 86.9 Å². The molecular formula is C27H36N2O4S. The first-order valence-electron chi connectivity index (χ1n) is 11.7. The molecule has 6 nitrogen and oxygen atoms in total. The molecule has 0 fully saturated rings. The average Bonchev–Trinajstić information content (AvgIpc) is 2.75. The lowest BCUT2D eigenvalue weighted by Gasteiger charge is -2.35. The van der Waals surface area contributed by atoms with E-state index >= 15 is 0 Å². The van der Waals surface area contributed by atoms with Crippen molar-refractivity contribution >= 4 is 21.8 Å². The van der Waals surface area contributed by atoms with Gasteiger partial charge in [-0.15, -0.1) is 6.58 Å². The largest absolute Gasteiger partial charge is 0.444 e. The molecule has 1 aliphatic carbocycles. The minimum Gasteiger partial charge on any atom is -0.444 e. The van der Waals surface area contributed by atoms with E-state index in [-0.39, 0.29) is 17.0 Å². The highest BCUT2D eigenvalue weighted by Gasteiger charge is 2.30. The van der Waals surface area contributed by atoms with Crippen LogP contribution < -0.4 is 4.72 Å². The molecule has 34 heavy (non-hydrogen) atoms. The second-order valence-corrected chi connectivity index (χ2v) is 11.8. The predicted octanol–water partition coefficient (Wildman–Crippen LogP) is 5.89. The molecule has 0 saturated carbocycles. The van der Waals surface area contributed by atoms with Crippen LogP contribution in [0.25, 0.3) is 0 Å². The van der Waals surface area contributed by atoms with Crippen LogP contribution in [0.2, 0.25) is 0 Å². The summed E-state index contributed by atoms with van der Waals surface area (Å²) >= 11 is 0. The van der Waals surface area contributed by atoms with Crippen LogP contribution >= 0.6 is 0 Å². The number of hydrogen-bond donors (Lipinski definition) is 1. The second kappa shape index (κ2) is 10.2. The van der Waals surface area contributed by atoms with Gasteiger partial charge < -0.3 is 9.64 Å². The van der Waals surface area contributed by atoms with Gasteiger partial charge in [-0.25, -0.2) is 13.2 Å². The van der Waals surface area contributed by atoms with Crippen molar-refractivity contribution in [1.82, 2.24) is 4.90 Å². The van der Waals surface area contributed by atoms with Crippen LogP contribution in [-0.4, -0.2) is 37.6 Å². The van der Waals surface area contributed by atoms with Gasteiger partial charge in [-0.3, -0.25) is 4.72 Å². The van der Waals surface area contributed by atoms with E-state index < -0.39 is 15.6 Å². The van der Waals surface area contributed by atoms with Gasteiger partial charge in [-0.1, -0.05) is 38.1 Å². The van der Waals surface area contributed by atoms with Crippen LogP contribution in [0.4, 0.5) is 10.5 Å². The summed E-state index contributed by atoms with van der Waals surface area (Å²) in [5.74, 6) is 0.340. The van der Waals surface area contributed by atoms with Crippen molar-refractivity contribution in [3.05, 3.63) is 71.8 Å². The number of carbonyl (C=O) groups is 1. The van der Waals surface area contributed by atoms with E-state index in [1.165, 1.54) is 0 Å². The molecule has 3 rings (SSSR count). The summed E-state index contributed by atoms with van der Waals surface area (Å²) in [4.78, 5) is 14.7. The number of nitrogens with one attached hydrogen (secondary N) is 1. The number of anilines is 1. The summed E-state index contributed by atoms with van der Waals surface area (Å²) in [6, 6.07) is 12.6. The van der Waals surface area contributed by atoms with E-state index in [2.05, 4.69) is 25.1 Å². The molecule has 2 aromatic rings. The molecule has 1 N–H and O–H groups in total. The molecule has 184 valence electrons. The molecule has 0 heterocycles. The lowest BCUT2D eigenvalue weighted by atomic mass is 9.87. The number of fused-ring (bicyclic) bond motifs is 1. The molecule has 0 aromatic heterocycles. The SMILES string of the molecule is C=CCN(C(=O)OC(C)(C)C)[C@@H]1CCc2cc(NS(=O)(=O)c3ccc(C(C)C)cc3)ccc2C1. The van der Waals surface area contributed by atoms with Crippen molar-refractivity contribution in [2.24, 2.45) is 0 Å². The molecule has 0 bridgehead atoms. The summed E-state index contributed by atoms with van der Waals surface area (Å²) in [6.45, 7) is 13.9. The van der Waals surface area contributed by atoms with Crippen molar-refractivity contribution in [2.75, 3.05) is 11.3 Å². The number of sulfonamides is 1. The van der Waals surface area contributed by atoms with Gasteiger partial charge in [0.15, 0.2) is 0 Å². The number of carbonyl (C=O) groups excluding carboxylic acids is 1. The lowest BCUT2D eigenvalue weighted by molar-refractivity contribution is 0.0174. The Bertz CT molecular complexity index is 1130. The maximum atomic E-state index is 12.9. The number of hydrogen-bond acceptors (Lipinski definition) is 4. The molecule has 1 atom stereocenters. The highest BCUT2D eigenvalue weighted by molar-refractivity contribution is 7.92. The van der Waals surface area contributed by atoms with E-state index in [9.17, 15) is 13.2 Å². The zero-order chi connectivity index (χ0) is 25.1. The lowest BCUT2D eigenvalue weighted by Crippen LogP contribution is -2.45. The van der Waals surface area contributed by atoms with Gasteiger partial charge in [-0.2, -0.15) is 0 Å². The van der Waals surface area contributed by atoms with Crippen LogP contribution in [0.15, 0.2) is 60.0 Å². The highest BCUT2D eigenvalue weighted by atomic mass is 32.2. The van der Waals surface area contributed by atoms with E-state index in [0.29, 0.717) is 24.6 Å². The Morgan fingerprint density at radius 1 is 1.18 bits per heavy atom. The summed E-state index contributed by atoms with van der Waals surface area (Å²) in [6.07, 6.45) is 3.58. The minimum absolute atomic E-state index is 0.00219. The number of rotatable bonds is 7. The van der Waals surface area contributed by atoms with E-state index in [4.69, 9.17) is 4.74 Å². The molecule has 1 aliphatic rings. The number of nitrogens with zero attached hydrogens (tertiary/aromatic N) is 1. The molecule has 2 aromatic carbocycles. The Morgan fingerprint density at radius 3 is 2.44 bits per heavy atom. The molecule has 0 radical (unpaired) electrons. The fraction of sp³-hybridized carbons (Fsp3) is 0.444. The zero-order valence-corrected chi connectivity index (χ0v) is 21.6. The van der Waals surface area contributed by atoms with E-state index in [1.807, 2.05) is 45.0 Å². The Morgan fingerprint density at radius 2 is 1.85 bits per heavy atom. The summed E-state index contributed by atoms with van der Waals surface area (Å²) in [5, 5.41) is 0. The van der Waals surface area contributed by atoms with Gasteiger partial charge in [0, 0.05) is 18.3 Å². The minimum atomic E-state index is -3.67. The first-order valence-corrected chi connectivity index (χ1v) is 13.2. The second-order valence-electron chi connectivity index (χ2n) is 10.1. The third kappa shape index (κ3) is 6.41. The molecular weight excluding hydrogens is 448 g/mol. The van der Waals surface area contributed by atoms with Gasteiger partial charge in [0.05, 0.1) is 4.90 Å². The Hall–Kier alpha value is -2.80. The van der Waals surface area contributed by atoms with Gasteiger partial charge >= 0.3 is 6.09 Å². The highest BCUT2D eigenvalue weighted by Crippen LogP contribution is 2.29. The first kappa shape index (κ1) is 25.8. The Labute approximate surface area is 204 Å². The van der Waals surface area contributed by atoms with Gasteiger partial charge in [0.1, 0.15) is 5.60 Å². The van der Waals surface area contributed by atoms with Crippen molar-refractivity contribution in [3.8, 4) is 0 Å². The van der Waals surface area contributed by atoms with Crippen molar-refractivity contribution < 1.29 is 17.9 Å². The smallest absolute Gasteiger partial charge is 0.410 e. The van der Waals surface area contributed by atoms with Crippen LogP contribution in [0, 0.1) is 0 Å². The molecule has 0 saturated heterocycles. The van der Waals surface area contributed by atoms with Crippen LogP contribution in [0.1, 0.15) is 63.6 Å². The maximum absolute atomic E-state index is 12.9. The topological polar surface area (TPSA) is 75.7 Å². The average molecular weight is 485 g/mol. The van der Waals surface area contributed by atoms with E-state index in [1.54, 1.807) is 29.2 Å². The van der Waals surface area contributed by atoms with Crippen molar-refractivity contribution in [2.45, 2.75) is 76.3 Å².